The van der Waals surface area contributed by atoms with Crippen LogP contribution in [0.15, 0.2) is 17.1 Å². The Morgan fingerprint density at radius 2 is 2.18 bits per heavy atom. The predicted octanol–water partition coefficient (Wildman–Crippen LogP) is -1.48. The Kier molecular flexibility index (Phi) is 3.40. The number of aliphatic hydroxyl groups excluding tert-OH is 3. The zero-order valence-corrected chi connectivity index (χ0v) is 9.50. The van der Waals surface area contributed by atoms with E-state index in [1.165, 1.54) is 12.3 Å². The maximum Gasteiger partial charge on any atom is 0.256 e. The number of H-pyrrole nitrogens is 1. The highest BCUT2D eigenvalue weighted by Crippen LogP contribution is 2.28. The maximum absolute atomic E-state index is 11.6. The predicted molar refractivity (Wildman–Crippen MR) is 58.9 cm³/mol. The number of aromatic amines is 1. The molecule has 4 atom stereocenters. The Bertz CT molecular complexity index is 484. The first kappa shape index (κ1) is 12.4. The molecular formula is C9H12N2O5S. The number of nitrogens with one attached hydrogen (secondary N) is 1. The highest BCUT2D eigenvalue weighted by molar-refractivity contribution is 7.71. The molecule has 0 aromatic carbocycles. The number of hydrogen-bond donors (Lipinski definition) is 4. The van der Waals surface area contributed by atoms with Gasteiger partial charge < -0.3 is 25.0 Å². The Hall–Kier alpha value is -1.06. The first-order valence-corrected chi connectivity index (χ1v) is 5.39. The molecule has 7 nitrogen and oxygen atoms in total. The summed E-state index contributed by atoms with van der Waals surface area (Å²) in [4.78, 5) is 14.2. The van der Waals surface area contributed by atoms with E-state index in [2.05, 4.69) is 4.98 Å². The van der Waals surface area contributed by atoms with Gasteiger partial charge in [-0.25, -0.2) is 0 Å². The second kappa shape index (κ2) is 4.67. The van der Waals surface area contributed by atoms with Crippen LogP contribution in [0.5, 0.6) is 0 Å². The number of aliphatic hydroxyl groups is 3. The number of rotatable bonds is 2. The molecule has 1 aliphatic rings. The summed E-state index contributed by atoms with van der Waals surface area (Å²) < 4.78 is 6.31. The van der Waals surface area contributed by atoms with Crippen molar-refractivity contribution in [2.45, 2.75) is 24.5 Å². The van der Waals surface area contributed by atoms with Crippen LogP contribution < -0.4 is 5.56 Å². The molecule has 17 heavy (non-hydrogen) atoms. The molecule has 0 saturated carbocycles. The fourth-order valence-corrected chi connectivity index (χ4v) is 2.03. The van der Waals surface area contributed by atoms with E-state index in [4.69, 9.17) is 22.1 Å². The Labute approximate surface area is 101 Å². The molecule has 0 spiro atoms. The molecule has 0 amide bonds. The van der Waals surface area contributed by atoms with Crippen molar-refractivity contribution in [2.24, 2.45) is 0 Å². The van der Waals surface area contributed by atoms with Crippen LogP contribution in [0.4, 0.5) is 0 Å². The van der Waals surface area contributed by atoms with Crippen molar-refractivity contribution >= 4 is 12.2 Å². The molecule has 1 saturated heterocycles. The van der Waals surface area contributed by atoms with Gasteiger partial charge in [0.15, 0.2) is 11.0 Å². The highest BCUT2D eigenvalue weighted by atomic mass is 32.1. The Morgan fingerprint density at radius 3 is 2.71 bits per heavy atom. The summed E-state index contributed by atoms with van der Waals surface area (Å²) in [6.07, 6.45) is -3.23. The molecule has 0 radical (unpaired) electrons. The van der Waals surface area contributed by atoms with E-state index in [9.17, 15) is 15.0 Å². The van der Waals surface area contributed by atoms with Crippen LogP contribution >= 0.6 is 12.2 Å². The molecular weight excluding hydrogens is 248 g/mol. The SMILES string of the molecule is O=c1cc[nH]c(=S)n1C1O[C@H](CO)[C@@H](O)[C@H]1O. The Balaban J connectivity index is 2.42. The van der Waals surface area contributed by atoms with E-state index in [-0.39, 0.29) is 4.77 Å². The van der Waals surface area contributed by atoms with E-state index in [0.717, 1.165) is 4.57 Å². The summed E-state index contributed by atoms with van der Waals surface area (Å²) in [5.74, 6) is 0. The lowest BCUT2D eigenvalue weighted by molar-refractivity contribution is -0.0555. The molecule has 1 aromatic heterocycles. The summed E-state index contributed by atoms with van der Waals surface area (Å²) >= 11 is 4.91. The van der Waals surface area contributed by atoms with Gasteiger partial charge in [0.05, 0.1) is 6.61 Å². The molecule has 4 N–H and O–H groups in total. The highest BCUT2D eigenvalue weighted by Gasteiger charge is 2.43. The van der Waals surface area contributed by atoms with Crippen LogP contribution in [0.3, 0.4) is 0 Å². The van der Waals surface area contributed by atoms with Crippen LogP contribution in [-0.4, -0.2) is 49.8 Å². The molecule has 1 aliphatic heterocycles. The fraction of sp³-hybridized carbons (Fsp3) is 0.556. The summed E-state index contributed by atoms with van der Waals surface area (Å²) in [6, 6.07) is 1.23. The smallest absolute Gasteiger partial charge is 0.256 e. The van der Waals surface area contributed by atoms with Crippen molar-refractivity contribution in [3.8, 4) is 0 Å². The second-order valence-electron chi connectivity index (χ2n) is 3.72. The maximum atomic E-state index is 11.6. The van der Waals surface area contributed by atoms with Gasteiger partial charge in [-0.05, 0) is 12.2 Å². The average Bonchev–Trinajstić information content (AvgIpc) is 2.57. The van der Waals surface area contributed by atoms with Gasteiger partial charge in [0, 0.05) is 12.3 Å². The van der Waals surface area contributed by atoms with E-state index >= 15 is 0 Å². The van der Waals surface area contributed by atoms with Crippen molar-refractivity contribution in [2.75, 3.05) is 6.61 Å². The van der Waals surface area contributed by atoms with Crippen LogP contribution in [0.25, 0.3) is 0 Å². The number of aromatic nitrogens is 2. The summed E-state index contributed by atoms with van der Waals surface area (Å²) in [5.41, 5.74) is -0.455. The van der Waals surface area contributed by atoms with Crippen molar-refractivity contribution in [3.05, 3.63) is 27.4 Å². The van der Waals surface area contributed by atoms with Crippen LogP contribution in [0, 0.1) is 4.77 Å². The molecule has 8 heteroatoms. The third kappa shape index (κ3) is 2.05. The quantitative estimate of drug-likeness (QED) is 0.483. The van der Waals surface area contributed by atoms with Gasteiger partial charge in [0.2, 0.25) is 0 Å². The molecule has 2 heterocycles. The van der Waals surface area contributed by atoms with Crippen LogP contribution in [0.2, 0.25) is 0 Å². The van der Waals surface area contributed by atoms with Gasteiger partial charge in [0.1, 0.15) is 18.3 Å². The number of ether oxygens (including phenoxy) is 1. The third-order valence-corrected chi connectivity index (χ3v) is 2.98. The second-order valence-corrected chi connectivity index (χ2v) is 4.11. The Morgan fingerprint density at radius 1 is 1.47 bits per heavy atom. The zero-order valence-electron chi connectivity index (χ0n) is 8.68. The van der Waals surface area contributed by atoms with E-state index in [1.54, 1.807) is 0 Å². The monoisotopic (exact) mass is 260 g/mol. The average molecular weight is 260 g/mol. The van der Waals surface area contributed by atoms with Crippen molar-refractivity contribution in [1.82, 2.24) is 9.55 Å². The molecule has 1 unspecified atom stereocenters. The van der Waals surface area contributed by atoms with Crippen molar-refractivity contribution < 1.29 is 20.1 Å². The first-order chi connectivity index (χ1) is 8.06. The number of hydrogen-bond acceptors (Lipinski definition) is 6. The third-order valence-electron chi connectivity index (χ3n) is 2.66. The number of nitrogens with zero attached hydrogens (tertiary/aromatic N) is 1. The largest absolute Gasteiger partial charge is 0.394 e. The molecule has 94 valence electrons. The summed E-state index contributed by atoms with van der Waals surface area (Å²) in [6.45, 7) is -0.452. The van der Waals surface area contributed by atoms with Gasteiger partial charge >= 0.3 is 0 Å². The lowest BCUT2D eigenvalue weighted by atomic mass is 10.1. The van der Waals surface area contributed by atoms with Gasteiger partial charge in [-0.1, -0.05) is 0 Å². The molecule has 1 aromatic rings. The van der Waals surface area contributed by atoms with E-state index < -0.39 is 36.7 Å². The summed E-state index contributed by atoms with van der Waals surface area (Å²) in [5, 5.41) is 28.3. The van der Waals surface area contributed by atoms with Crippen LogP contribution in [0.1, 0.15) is 6.23 Å². The standard InChI is InChI=1S/C9H12N2O5S/c12-3-4-6(14)7(15)8(16-4)11-5(13)1-2-10-9(11)17/h1-2,4,6-8,12,14-15H,3H2,(H,10,17)/t4-,6-,7-,8?/m1/s1. The molecule has 2 rings (SSSR count). The van der Waals surface area contributed by atoms with Gasteiger partial charge in [-0.15, -0.1) is 0 Å². The zero-order chi connectivity index (χ0) is 12.6. The molecule has 0 aliphatic carbocycles. The molecule has 0 bridgehead atoms. The summed E-state index contributed by atoms with van der Waals surface area (Å²) in [7, 11) is 0. The van der Waals surface area contributed by atoms with Crippen molar-refractivity contribution in [1.29, 1.82) is 0 Å². The topological polar surface area (TPSA) is 108 Å². The first-order valence-electron chi connectivity index (χ1n) is 4.99. The normalized spacial score (nSPS) is 32.9. The van der Waals surface area contributed by atoms with Gasteiger partial charge in [-0.2, -0.15) is 0 Å². The lowest BCUT2D eigenvalue weighted by Gasteiger charge is -2.16. The van der Waals surface area contributed by atoms with Gasteiger partial charge in [0.25, 0.3) is 5.56 Å². The lowest BCUT2D eigenvalue weighted by Crippen LogP contribution is -2.35. The fourth-order valence-electron chi connectivity index (χ4n) is 1.77. The minimum atomic E-state index is -1.32. The van der Waals surface area contributed by atoms with Crippen molar-refractivity contribution in [3.63, 3.8) is 0 Å². The minimum absolute atomic E-state index is 0.0762. The van der Waals surface area contributed by atoms with Crippen LogP contribution in [-0.2, 0) is 4.74 Å². The minimum Gasteiger partial charge on any atom is -0.394 e. The van der Waals surface area contributed by atoms with E-state index in [0.29, 0.717) is 0 Å². The van der Waals surface area contributed by atoms with Gasteiger partial charge in [-0.3, -0.25) is 9.36 Å². The van der Waals surface area contributed by atoms with E-state index in [1.807, 2.05) is 0 Å². The molecule has 1 fully saturated rings.